The van der Waals surface area contributed by atoms with E-state index in [0.717, 1.165) is 0 Å². The standard InChI is InChI=1S/C16H18N6O3/c23-15(20-14-6-17-3-4-18-14)5-10-9-25-13-8-22(7-11(10)13)16(24)12-1-2-19-21-12/h1-4,6,10-11,13H,5,7-9H2,(H,19,21)(H,18,20,23)/t10-,11-,13-/m1/s1. The van der Waals surface area contributed by atoms with Gasteiger partial charge in [-0.15, -0.1) is 0 Å². The predicted octanol–water partition coefficient (Wildman–Crippen LogP) is 0.315. The van der Waals surface area contributed by atoms with Crippen LogP contribution >= 0.6 is 0 Å². The summed E-state index contributed by atoms with van der Waals surface area (Å²) in [7, 11) is 0. The number of anilines is 1. The van der Waals surface area contributed by atoms with Crippen LogP contribution in [0.2, 0.25) is 0 Å². The van der Waals surface area contributed by atoms with Crippen LogP contribution in [0.1, 0.15) is 16.9 Å². The van der Waals surface area contributed by atoms with Gasteiger partial charge in [-0.1, -0.05) is 0 Å². The summed E-state index contributed by atoms with van der Waals surface area (Å²) in [6, 6.07) is 1.66. The highest BCUT2D eigenvalue weighted by Crippen LogP contribution is 2.36. The van der Waals surface area contributed by atoms with Crippen LogP contribution in [0.15, 0.2) is 30.9 Å². The van der Waals surface area contributed by atoms with E-state index >= 15 is 0 Å². The van der Waals surface area contributed by atoms with E-state index in [4.69, 9.17) is 4.74 Å². The molecule has 9 heteroatoms. The molecule has 2 aliphatic heterocycles. The first-order valence-corrected chi connectivity index (χ1v) is 8.17. The summed E-state index contributed by atoms with van der Waals surface area (Å²) in [5.74, 6) is 0.484. The molecule has 0 aromatic carbocycles. The quantitative estimate of drug-likeness (QED) is 0.827. The maximum Gasteiger partial charge on any atom is 0.271 e. The Bertz CT molecular complexity index is 750. The summed E-state index contributed by atoms with van der Waals surface area (Å²) in [4.78, 5) is 34.4. The molecule has 0 saturated carbocycles. The number of likely N-dealkylation sites (tertiary alicyclic amines) is 1. The van der Waals surface area contributed by atoms with Crippen LogP contribution in [-0.4, -0.2) is 62.7 Å². The number of ether oxygens (including phenoxy) is 1. The first kappa shape index (κ1) is 15.7. The molecule has 0 aliphatic carbocycles. The van der Waals surface area contributed by atoms with Crippen molar-refractivity contribution in [2.24, 2.45) is 11.8 Å². The third-order valence-electron chi connectivity index (χ3n) is 4.74. The fourth-order valence-corrected chi connectivity index (χ4v) is 3.52. The van der Waals surface area contributed by atoms with Crippen LogP contribution in [0.4, 0.5) is 5.82 Å². The largest absolute Gasteiger partial charge is 0.376 e. The average molecular weight is 342 g/mol. The number of hydrogen-bond donors (Lipinski definition) is 2. The Balaban J connectivity index is 1.35. The van der Waals surface area contributed by atoms with Gasteiger partial charge in [-0.2, -0.15) is 5.10 Å². The number of aromatic nitrogens is 4. The zero-order chi connectivity index (χ0) is 17.2. The second kappa shape index (κ2) is 6.60. The monoisotopic (exact) mass is 342 g/mol. The first-order chi connectivity index (χ1) is 12.2. The topological polar surface area (TPSA) is 113 Å². The van der Waals surface area contributed by atoms with Crippen molar-refractivity contribution in [3.63, 3.8) is 0 Å². The molecule has 2 N–H and O–H groups in total. The Labute approximate surface area is 143 Å². The lowest BCUT2D eigenvalue weighted by Gasteiger charge is -2.19. The third-order valence-corrected chi connectivity index (χ3v) is 4.74. The number of hydrogen-bond acceptors (Lipinski definition) is 6. The molecule has 0 radical (unpaired) electrons. The van der Waals surface area contributed by atoms with Gasteiger partial charge >= 0.3 is 0 Å². The van der Waals surface area contributed by atoms with E-state index in [9.17, 15) is 9.59 Å². The van der Waals surface area contributed by atoms with Crippen molar-refractivity contribution in [1.29, 1.82) is 0 Å². The third kappa shape index (κ3) is 3.22. The number of rotatable bonds is 4. The number of aromatic amines is 1. The Kier molecular flexibility index (Phi) is 4.14. The zero-order valence-electron chi connectivity index (χ0n) is 13.5. The molecule has 3 atom stereocenters. The molecule has 2 aromatic rings. The summed E-state index contributed by atoms with van der Waals surface area (Å²) < 4.78 is 5.81. The summed E-state index contributed by atoms with van der Waals surface area (Å²) in [5, 5.41) is 9.25. The van der Waals surface area contributed by atoms with Gasteiger partial charge in [0.2, 0.25) is 5.91 Å². The van der Waals surface area contributed by atoms with Crippen molar-refractivity contribution in [3.8, 4) is 0 Å². The zero-order valence-corrected chi connectivity index (χ0v) is 13.5. The van der Waals surface area contributed by atoms with Crippen LogP contribution in [0, 0.1) is 11.8 Å². The fraction of sp³-hybridized carbons (Fsp3) is 0.438. The molecule has 0 bridgehead atoms. The molecule has 2 amide bonds. The summed E-state index contributed by atoms with van der Waals surface area (Å²) in [6.45, 7) is 1.67. The van der Waals surface area contributed by atoms with Crippen LogP contribution in [-0.2, 0) is 9.53 Å². The van der Waals surface area contributed by atoms with E-state index in [1.165, 1.54) is 12.4 Å². The van der Waals surface area contributed by atoms with Gasteiger partial charge in [0.15, 0.2) is 5.82 Å². The number of carbonyl (C=O) groups excluding carboxylic acids is 2. The van der Waals surface area contributed by atoms with E-state index in [2.05, 4.69) is 25.5 Å². The van der Waals surface area contributed by atoms with Crippen LogP contribution < -0.4 is 5.32 Å². The maximum absolute atomic E-state index is 12.4. The van der Waals surface area contributed by atoms with E-state index in [1.54, 1.807) is 23.4 Å². The summed E-state index contributed by atoms with van der Waals surface area (Å²) >= 11 is 0. The molecule has 25 heavy (non-hydrogen) atoms. The summed E-state index contributed by atoms with van der Waals surface area (Å²) in [5.41, 5.74) is 0.469. The van der Waals surface area contributed by atoms with Crippen LogP contribution in [0.3, 0.4) is 0 Å². The minimum atomic E-state index is -0.118. The molecule has 4 rings (SSSR count). The second-order valence-corrected chi connectivity index (χ2v) is 6.32. The molecule has 0 spiro atoms. The van der Waals surface area contributed by atoms with Gasteiger partial charge in [-0.05, 0) is 12.0 Å². The van der Waals surface area contributed by atoms with Gasteiger partial charge in [-0.3, -0.25) is 19.7 Å². The lowest BCUT2D eigenvalue weighted by Crippen LogP contribution is -2.32. The normalized spacial score (nSPS) is 25.0. The second-order valence-electron chi connectivity index (χ2n) is 6.32. The first-order valence-electron chi connectivity index (χ1n) is 8.17. The van der Waals surface area contributed by atoms with Gasteiger partial charge in [0.1, 0.15) is 5.69 Å². The molecule has 4 heterocycles. The predicted molar refractivity (Wildman–Crippen MR) is 86.5 cm³/mol. The van der Waals surface area contributed by atoms with E-state index in [-0.39, 0.29) is 29.8 Å². The number of amides is 2. The Morgan fingerprint density at radius 1 is 1.32 bits per heavy atom. The van der Waals surface area contributed by atoms with Crippen molar-refractivity contribution < 1.29 is 14.3 Å². The van der Waals surface area contributed by atoms with Gasteiger partial charge < -0.3 is 15.0 Å². The van der Waals surface area contributed by atoms with Gasteiger partial charge in [0.05, 0.1) is 18.9 Å². The number of fused-ring (bicyclic) bond motifs is 1. The molecular formula is C16H18N6O3. The lowest BCUT2D eigenvalue weighted by atomic mass is 9.90. The SMILES string of the molecule is O=C(C[C@@H]1CO[C@@H]2CN(C(=O)c3ccn[nH]3)C[C@H]12)Nc1cnccn1. The maximum atomic E-state index is 12.4. The molecule has 0 unspecified atom stereocenters. The van der Waals surface area contributed by atoms with Crippen molar-refractivity contribution in [2.75, 3.05) is 25.0 Å². The smallest absolute Gasteiger partial charge is 0.271 e. The van der Waals surface area contributed by atoms with Crippen LogP contribution in [0.5, 0.6) is 0 Å². The fourth-order valence-electron chi connectivity index (χ4n) is 3.52. The van der Waals surface area contributed by atoms with Crippen molar-refractivity contribution >= 4 is 17.6 Å². The number of nitrogens with one attached hydrogen (secondary N) is 2. The van der Waals surface area contributed by atoms with Gasteiger partial charge in [0, 0.05) is 44.0 Å². The lowest BCUT2D eigenvalue weighted by molar-refractivity contribution is -0.117. The summed E-state index contributed by atoms with van der Waals surface area (Å²) in [6.07, 6.45) is 6.46. The van der Waals surface area contributed by atoms with Crippen LogP contribution in [0.25, 0.3) is 0 Å². The Morgan fingerprint density at radius 2 is 2.24 bits per heavy atom. The molecule has 2 aromatic heterocycles. The molecular weight excluding hydrogens is 324 g/mol. The molecule has 9 nitrogen and oxygen atoms in total. The van der Waals surface area contributed by atoms with Crippen molar-refractivity contribution in [2.45, 2.75) is 12.5 Å². The van der Waals surface area contributed by atoms with Crippen molar-refractivity contribution in [1.82, 2.24) is 25.1 Å². The number of nitrogens with zero attached hydrogens (tertiary/aromatic N) is 4. The van der Waals surface area contributed by atoms with E-state index in [0.29, 0.717) is 37.6 Å². The Morgan fingerprint density at radius 3 is 3.00 bits per heavy atom. The number of carbonyl (C=O) groups is 2. The average Bonchev–Trinajstić information content (AvgIpc) is 3.33. The van der Waals surface area contributed by atoms with Gasteiger partial charge in [0.25, 0.3) is 5.91 Å². The minimum absolute atomic E-state index is 0.0128. The highest BCUT2D eigenvalue weighted by Gasteiger charge is 2.45. The Hall–Kier alpha value is -2.81. The molecule has 130 valence electrons. The van der Waals surface area contributed by atoms with Gasteiger partial charge in [-0.25, -0.2) is 4.98 Å². The minimum Gasteiger partial charge on any atom is -0.376 e. The number of H-pyrrole nitrogens is 1. The highest BCUT2D eigenvalue weighted by molar-refractivity contribution is 5.92. The van der Waals surface area contributed by atoms with Crippen molar-refractivity contribution in [3.05, 3.63) is 36.5 Å². The van der Waals surface area contributed by atoms with E-state index in [1.807, 2.05) is 0 Å². The highest BCUT2D eigenvalue weighted by atomic mass is 16.5. The van der Waals surface area contributed by atoms with E-state index < -0.39 is 0 Å². The molecule has 2 saturated heterocycles. The molecule has 2 aliphatic rings. The molecule has 2 fully saturated rings.